The molecule has 1 aliphatic heterocycles. The summed E-state index contributed by atoms with van der Waals surface area (Å²) < 4.78 is 7.50. The minimum absolute atomic E-state index is 0.0239. The van der Waals surface area contributed by atoms with Crippen LogP contribution in [0, 0.1) is 12.8 Å². The molecule has 232 valence electrons. The molecule has 7 nitrogen and oxygen atoms in total. The van der Waals surface area contributed by atoms with E-state index in [2.05, 4.69) is 51.2 Å². The summed E-state index contributed by atoms with van der Waals surface area (Å²) in [4.78, 5) is 37.1. The lowest BCUT2D eigenvalue weighted by molar-refractivity contribution is 0.0733. The molecular weight excluding hydrogens is 568 g/mol. The lowest BCUT2D eigenvalue weighted by atomic mass is 9.97. The van der Waals surface area contributed by atoms with Crippen molar-refractivity contribution in [1.29, 1.82) is 0 Å². The van der Waals surface area contributed by atoms with Gasteiger partial charge in [-0.1, -0.05) is 45.9 Å². The van der Waals surface area contributed by atoms with E-state index in [-0.39, 0.29) is 17.4 Å². The fourth-order valence-corrected chi connectivity index (χ4v) is 6.95. The van der Waals surface area contributed by atoms with Gasteiger partial charge in [0.1, 0.15) is 10.8 Å². The number of ether oxygens (including phenoxy) is 1. The zero-order valence-electron chi connectivity index (χ0n) is 26.8. The molecule has 0 atom stereocenters. The quantitative estimate of drug-likeness (QED) is 0.216. The van der Waals surface area contributed by atoms with Crippen LogP contribution in [0.15, 0.2) is 53.3 Å². The Morgan fingerprint density at radius 3 is 2.27 bits per heavy atom. The first kappa shape index (κ1) is 31.7. The number of carbonyl (C=O) groups excluding carboxylic acids is 1. The monoisotopic (exact) mass is 612 g/mol. The van der Waals surface area contributed by atoms with Gasteiger partial charge >= 0.3 is 0 Å². The maximum absolute atomic E-state index is 14.8. The first-order valence-corrected chi connectivity index (χ1v) is 16.7. The fourth-order valence-electron chi connectivity index (χ4n) is 6.01. The highest BCUT2D eigenvalue weighted by atomic mass is 32.1. The van der Waals surface area contributed by atoms with Gasteiger partial charge < -0.3 is 15.0 Å². The van der Waals surface area contributed by atoms with Crippen molar-refractivity contribution in [2.24, 2.45) is 5.92 Å². The van der Waals surface area contributed by atoms with Crippen molar-refractivity contribution < 1.29 is 9.53 Å². The average Bonchev–Trinajstić information content (AvgIpc) is 3.42. The molecule has 4 aromatic rings. The molecule has 1 amide bonds. The normalized spacial score (nSPS) is 13.5. The zero-order chi connectivity index (χ0) is 31.4. The smallest absolute Gasteiger partial charge is 0.265 e. The number of hydrogen-bond donors (Lipinski definition) is 1. The molecule has 0 radical (unpaired) electrons. The standard InChI is InChI=1S/C36H44N4O3S/c1-7-25-11-10-12-26(8-2)33(25)40-31(21-23(4)5)29(35(41)39-19-17-37-18-20-39)22-30(36(40)42)34-38-32(24(6)44-34)27-13-15-28(16-14-27)43-9-3/h10-16,22-23,37H,7-9,17-21H2,1-6H3. The molecule has 2 aromatic carbocycles. The molecule has 8 heteroatoms. The SMILES string of the molecule is CCOc1ccc(-c2nc(-c3cc(C(=O)N4CCNCC4)c(CC(C)C)n(-c4c(CC)cccc4CC)c3=O)sc2C)cc1. The number of rotatable bonds is 10. The summed E-state index contributed by atoms with van der Waals surface area (Å²) >= 11 is 1.50. The van der Waals surface area contributed by atoms with E-state index in [1.807, 2.05) is 53.6 Å². The lowest BCUT2D eigenvalue weighted by Crippen LogP contribution is -2.47. The van der Waals surface area contributed by atoms with Gasteiger partial charge in [-0.05, 0) is 80.5 Å². The Labute approximate surface area is 264 Å². The second kappa shape index (κ2) is 13.9. The van der Waals surface area contributed by atoms with Gasteiger partial charge in [-0.25, -0.2) is 4.98 Å². The van der Waals surface area contributed by atoms with Gasteiger partial charge in [-0.3, -0.25) is 14.2 Å². The lowest BCUT2D eigenvalue weighted by Gasteiger charge is -2.30. The molecule has 0 aliphatic carbocycles. The van der Waals surface area contributed by atoms with Gasteiger partial charge in [0, 0.05) is 42.3 Å². The first-order valence-electron chi connectivity index (χ1n) is 15.9. The third kappa shape index (κ3) is 6.37. The molecule has 1 fully saturated rings. The molecule has 0 saturated carbocycles. The van der Waals surface area contributed by atoms with Crippen LogP contribution in [0.5, 0.6) is 5.75 Å². The summed E-state index contributed by atoms with van der Waals surface area (Å²) in [6.07, 6.45) is 2.17. The largest absolute Gasteiger partial charge is 0.494 e. The van der Waals surface area contributed by atoms with Gasteiger partial charge in [0.05, 0.1) is 29.1 Å². The van der Waals surface area contributed by atoms with Crippen LogP contribution in [-0.4, -0.2) is 53.1 Å². The highest BCUT2D eigenvalue weighted by Crippen LogP contribution is 2.35. The minimum atomic E-state index is -0.125. The van der Waals surface area contributed by atoms with Crippen LogP contribution in [0.1, 0.15) is 66.7 Å². The van der Waals surface area contributed by atoms with Gasteiger partial charge in [0.25, 0.3) is 11.5 Å². The number of pyridine rings is 1. The Bertz CT molecular complexity index is 1660. The molecular formula is C36H44N4O3S. The fraction of sp³-hybridized carbons (Fsp3) is 0.417. The Kier molecular flexibility index (Phi) is 10.0. The molecule has 0 spiro atoms. The van der Waals surface area contributed by atoms with Crippen molar-refractivity contribution >= 4 is 17.2 Å². The number of amides is 1. The number of benzene rings is 2. The van der Waals surface area contributed by atoms with Crippen molar-refractivity contribution in [3.05, 3.63) is 86.1 Å². The van der Waals surface area contributed by atoms with Crippen LogP contribution in [0.25, 0.3) is 27.5 Å². The molecule has 2 aromatic heterocycles. The van der Waals surface area contributed by atoms with E-state index in [1.165, 1.54) is 11.3 Å². The van der Waals surface area contributed by atoms with E-state index in [0.29, 0.717) is 42.3 Å². The maximum Gasteiger partial charge on any atom is 0.265 e. The zero-order valence-corrected chi connectivity index (χ0v) is 27.6. The number of carbonyl (C=O) groups is 1. The van der Waals surface area contributed by atoms with Crippen LogP contribution >= 0.6 is 11.3 Å². The van der Waals surface area contributed by atoms with Gasteiger partial charge in [-0.2, -0.15) is 0 Å². The number of aryl methyl sites for hydroxylation is 3. The summed E-state index contributed by atoms with van der Waals surface area (Å²) in [5.74, 6) is 1.03. The summed E-state index contributed by atoms with van der Waals surface area (Å²) in [7, 11) is 0. The van der Waals surface area contributed by atoms with Crippen LogP contribution in [0.2, 0.25) is 0 Å². The van der Waals surface area contributed by atoms with E-state index >= 15 is 0 Å². The van der Waals surface area contributed by atoms with Crippen LogP contribution in [0.4, 0.5) is 0 Å². The van der Waals surface area contributed by atoms with E-state index in [1.54, 1.807) is 0 Å². The maximum atomic E-state index is 14.8. The summed E-state index contributed by atoms with van der Waals surface area (Å²) in [6, 6.07) is 16.0. The number of nitrogens with zero attached hydrogens (tertiary/aromatic N) is 3. The highest BCUT2D eigenvalue weighted by molar-refractivity contribution is 7.15. The predicted octanol–water partition coefficient (Wildman–Crippen LogP) is 6.70. The molecule has 1 saturated heterocycles. The van der Waals surface area contributed by atoms with E-state index in [4.69, 9.17) is 9.72 Å². The first-order chi connectivity index (χ1) is 21.3. The van der Waals surface area contributed by atoms with E-state index in [9.17, 15) is 9.59 Å². The Hall–Kier alpha value is -3.75. The summed E-state index contributed by atoms with van der Waals surface area (Å²) in [5.41, 5.74) is 6.63. The summed E-state index contributed by atoms with van der Waals surface area (Å²) in [5, 5.41) is 3.98. The van der Waals surface area contributed by atoms with Crippen molar-refractivity contribution in [2.45, 2.75) is 60.8 Å². The Morgan fingerprint density at radius 1 is 1.02 bits per heavy atom. The van der Waals surface area contributed by atoms with Crippen molar-refractivity contribution in [2.75, 3.05) is 32.8 Å². The number of aromatic nitrogens is 2. The van der Waals surface area contributed by atoms with Crippen LogP contribution in [-0.2, 0) is 19.3 Å². The number of nitrogens with one attached hydrogen (secondary N) is 1. The van der Waals surface area contributed by atoms with Gasteiger partial charge in [-0.15, -0.1) is 11.3 Å². The van der Waals surface area contributed by atoms with Crippen LogP contribution < -0.4 is 15.6 Å². The Morgan fingerprint density at radius 2 is 1.68 bits per heavy atom. The molecule has 0 bridgehead atoms. The molecule has 5 rings (SSSR count). The molecule has 1 N–H and O–H groups in total. The third-order valence-corrected chi connectivity index (χ3v) is 9.20. The predicted molar refractivity (Wildman–Crippen MR) is 181 cm³/mol. The van der Waals surface area contributed by atoms with Crippen molar-refractivity contribution in [1.82, 2.24) is 19.8 Å². The second-order valence-electron chi connectivity index (χ2n) is 11.7. The average molecular weight is 613 g/mol. The van der Waals surface area contributed by atoms with Crippen LogP contribution in [0.3, 0.4) is 0 Å². The van der Waals surface area contributed by atoms with E-state index < -0.39 is 0 Å². The van der Waals surface area contributed by atoms with E-state index in [0.717, 1.165) is 70.3 Å². The van der Waals surface area contributed by atoms with Crippen molar-refractivity contribution in [3.8, 4) is 33.3 Å². The second-order valence-corrected chi connectivity index (χ2v) is 12.9. The number of piperazine rings is 1. The number of para-hydroxylation sites is 1. The molecule has 44 heavy (non-hydrogen) atoms. The molecule has 3 heterocycles. The minimum Gasteiger partial charge on any atom is -0.494 e. The molecule has 0 unspecified atom stereocenters. The van der Waals surface area contributed by atoms with Gasteiger partial charge in [0.15, 0.2) is 0 Å². The third-order valence-electron chi connectivity index (χ3n) is 8.19. The Balaban J connectivity index is 1.78. The van der Waals surface area contributed by atoms with Gasteiger partial charge in [0.2, 0.25) is 0 Å². The number of hydrogen-bond acceptors (Lipinski definition) is 6. The summed E-state index contributed by atoms with van der Waals surface area (Å²) in [6.45, 7) is 15.9. The number of thiazole rings is 1. The highest BCUT2D eigenvalue weighted by Gasteiger charge is 2.28. The van der Waals surface area contributed by atoms with Crippen molar-refractivity contribution in [3.63, 3.8) is 0 Å². The molecule has 1 aliphatic rings. The topological polar surface area (TPSA) is 76.5 Å².